The van der Waals surface area contributed by atoms with Crippen molar-refractivity contribution in [2.75, 3.05) is 13.2 Å². The van der Waals surface area contributed by atoms with Crippen molar-refractivity contribution < 1.29 is 14.3 Å². The van der Waals surface area contributed by atoms with Gasteiger partial charge in [0.25, 0.3) is 0 Å². The molecule has 0 aromatic carbocycles. The highest BCUT2D eigenvalue weighted by atomic mass is 16.7. The van der Waals surface area contributed by atoms with E-state index in [2.05, 4.69) is 13.8 Å². The van der Waals surface area contributed by atoms with Crippen LogP contribution in [0.25, 0.3) is 0 Å². The number of ether oxygens (including phenoxy) is 2. The highest BCUT2D eigenvalue weighted by Crippen LogP contribution is 2.35. The molecule has 1 aliphatic rings. The molecule has 3 heteroatoms. The van der Waals surface area contributed by atoms with Gasteiger partial charge in [-0.1, -0.05) is 26.7 Å². The second kappa shape index (κ2) is 5.47. The van der Waals surface area contributed by atoms with E-state index in [0.717, 1.165) is 25.5 Å². The quantitative estimate of drug-likeness (QED) is 0.616. The summed E-state index contributed by atoms with van der Waals surface area (Å²) in [6.45, 7) is 5.54. The first kappa shape index (κ1) is 11.7. The molecule has 82 valence electrons. The van der Waals surface area contributed by atoms with Gasteiger partial charge in [0.1, 0.15) is 6.29 Å². The Morgan fingerprint density at radius 2 is 2.07 bits per heavy atom. The van der Waals surface area contributed by atoms with Crippen LogP contribution in [0.2, 0.25) is 0 Å². The van der Waals surface area contributed by atoms with Crippen LogP contribution in [0.4, 0.5) is 0 Å². The van der Waals surface area contributed by atoms with E-state index in [1.807, 2.05) is 0 Å². The predicted octanol–water partition coefficient (Wildman–Crippen LogP) is 2.14. The summed E-state index contributed by atoms with van der Waals surface area (Å²) in [4.78, 5) is 10.6. The number of carbonyl (C=O) groups is 1. The molecular formula is C11H20O3. The third-order valence-electron chi connectivity index (χ3n) is 2.84. The van der Waals surface area contributed by atoms with Crippen molar-refractivity contribution in [3.05, 3.63) is 0 Å². The SMILES string of the molecule is CCCCC(C)(CC=O)C1OCCO1. The molecular weight excluding hydrogens is 180 g/mol. The van der Waals surface area contributed by atoms with E-state index in [1.54, 1.807) is 0 Å². The van der Waals surface area contributed by atoms with Crippen LogP contribution in [0, 0.1) is 5.41 Å². The normalized spacial score (nSPS) is 22.1. The van der Waals surface area contributed by atoms with Crippen LogP contribution in [0.5, 0.6) is 0 Å². The van der Waals surface area contributed by atoms with Gasteiger partial charge in [0.15, 0.2) is 6.29 Å². The lowest BCUT2D eigenvalue weighted by atomic mass is 9.81. The van der Waals surface area contributed by atoms with Gasteiger partial charge in [-0.15, -0.1) is 0 Å². The number of hydrogen-bond donors (Lipinski definition) is 0. The third kappa shape index (κ3) is 2.79. The van der Waals surface area contributed by atoms with Gasteiger partial charge in [0.2, 0.25) is 0 Å². The maximum absolute atomic E-state index is 10.6. The van der Waals surface area contributed by atoms with Crippen molar-refractivity contribution in [1.82, 2.24) is 0 Å². The topological polar surface area (TPSA) is 35.5 Å². The number of rotatable bonds is 6. The van der Waals surface area contributed by atoms with Crippen LogP contribution >= 0.6 is 0 Å². The fraction of sp³-hybridized carbons (Fsp3) is 0.909. The van der Waals surface area contributed by atoms with E-state index >= 15 is 0 Å². The zero-order chi connectivity index (χ0) is 10.4. The zero-order valence-electron chi connectivity index (χ0n) is 9.12. The first-order valence-corrected chi connectivity index (χ1v) is 5.40. The molecule has 0 bridgehead atoms. The van der Waals surface area contributed by atoms with E-state index < -0.39 is 0 Å². The third-order valence-corrected chi connectivity index (χ3v) is 2.84. The Morgan fingerprint density at radius 1 is 1.43 bits per heavy atom. The molecule has 1 aliphatic heterocycles. The van der Waals surface area contributed by atoms with Gasteiger partial charge in [-0.3, -0.25) is 0 Å². The molecule has 0 radical (unpaired) electrons. The van der Waals surface area contributed by atoms with E-state index in [1.165, 1.54) is 0 Å². The fourth-order valence-corrected chi connectivity index (χ4v) is 1.85. The van der Waals surface area contributed by atoms with Crippen LogP contribution in [-0.2, 0) is 14.3 Å². The molecule has 0 aliphatic carbocycles. The summed E-state index contributed by atoms with van der Waals surface area (Å²) < 4.78 is 11.0. The molecule has 0 N–H and O–H groups in total. The minimum absolute atomic E-state index is 0.131. The largest absolute Gasteiger partial charge is 0.350 e. The molecule has 1 unspecified atom stereocenters. The van der Waals surface area contributed by atoms with Crippen LogP contribution in [0.15, 0.2) is 0 Å². The molecule has 0 spiro atoms. The Labute approximate surface area is 85.8 Å². The summed E-state index contributed by atoms with van der Waals surface area (Å²) in [5.74, 6) is 0. The lowest BCUT2D eigenvalue weighted by Crippen LogP contribution is -2.33. The lowest BCUT2D eigenvalue weighted by Gasteiger charge is -2.32. The van der Waals surface area contributed by atoms with E-state index in [4.69, 9.17) is 9.47 Å². The minimum Gasteiger partial charge on any atom is -0.350 e. The zero-order valence-corrected chi connectivity index (χ0v) is 9.12. The summed E-state index contributed by atoms with van der Waals surface area (Å²) in [7, 11) is 0. The molecule has 0 saturated carbocycles. The molecule has 14 heavy (non-hydrogen) atoms. The molecule has 1 atom stereocenters. The average Bonchev–Trinajstić information content (AvgIpc) is 2.68. The van der Waals surface area contributed by atoms with Gasteiger partial charge in [-0.2, -0.15) is 0 Å². The van der Waals surface area contributed by atoms with Crippen LogP contribution < -0.4 is 0 Å². The second-order valence-electron chi connectivity index (χ2n) is 4.20. The molecule has 1 saturated heterocycles. The summed E-state index contributed by atoms with van der Waals surface area (Å²) >= 11 is 0. The molecule has 0 aromatic rings. The van der Waals surface area contributed by atoms with Gasteiger partial charge in [-0.05, 0) is 6.42 Å². The maximum Gasteiger partial charge on any atom is 0.163 e. The Kier molecular flexibility index (Phi) is 4.55. The Bertz CT molecular complexity index is 175. The Balaban J connectivity index is 2.53. The van der Waals surface area contributed by atoms with E-state index in [-0.39, 0.29) is 11.7 Å². The number of aldehydes is 1. The van der Waals surface area contributed by atoms with E-state index in [0.29, 0.717) is 19.6 Å². The van der Waals surface area contributed by atoms with Crippen molar-refractivity contribution in [3.63, 3.8) is 0 Å². The van der Waals surface area contributed by atoms with Crippen LogP contribution in [0.3, 0.4) is 0 Å². The van der Waals surface area contributed by atoms with Gasteiger partial charge < -0.3 is 14.3 Å². The first-order chi connectivity index (χ1) is 6.73. The van der Waals surface area contributed by atoms with Crippen molar-refractivity contribution in [2.45, 2.75) is 45.8 Å². The molecule has 1 rings (SSSR count). The molecule has 1 heterocycles. The van der Waals surface area contributed by atoms with Crippen molar-refractivity contribution >= 4 is 6.29 Å². The standard InChI is InChI=1S/C11H20O3/c1-3-4-5-11(2,6-7-12)10-13-8-9-14-10/h7,10H,3-6,8-9H2,1-2H3. The molecule has 0 aromatic heterocycles. The lowest BCUT2D eigenvalue weighted by molar-refractivity contribution is -0.140. The Morgan fingerprint density at radius 3 is 2.57 bits per heavy atom. The smallest absolute Gasteiger partial charge is 0.163 e. The maximum atomic E-state index is 10.6. The van der Waals surface area contributed by atoms with E-state index in [9.17, 15) is 4.79 Å². The number of carbonyl (C=O) groups excluding carboxylic acids is 1. The molecule has 3 nitrogen and oxygen atoms in total. The fourth-order valence-electron chi connectivity index (χ4n) is 1.85. The van der Waals surface area contributed by atoms with Crippen LogP contribution in [0.1, 0.15) is 39.5 Å². The summed E-state index contributed by atoms with van der Waals surface area (Å²) in [5, 5.41) is 0. The van der Waals surface area contributed by atoms with Gasteiger partial charge >= 0.3 is 0 Å². The first-order valence-electron chi connectivity index (χ1n) is 5.40. The van der Waals surface area contributed by atoms with Gasteiger partial charge in [0, 0.05) is 11.8 Å². The van der Waals surface area contributed by atoms with Gasteiger partial charge in [-0.25, -0.2) is 0 Å². The molecule has 0 amide bonds. The van der Waals surface area contributed by atoms with Crippen molar-refractivity contribution in [1.29, 1.82) is 0 Å². The summed E-state index contributed by atoms with van der Waals surface area (Å²) in [5.41, 5.74) is -0.131. The van der Waals surface area contributed by atoms with Crippen LogP contribution in [-0.4, -0.2) is 25.8 Å². The molecule has 1 fully saturated rings. The number of hydrogen-bond acceptors (Lipinski definition) is 3. The second-order valence-corrected chi connectivity index (χ2v) is 4.20. The van der Waals surface area contributed by atoms with Gasteiger partial charge in [0.05, 0.1) is 13.2 Å². The predicted molar refractivity (Wildman–Crippen MR) is 54.0 cm³/mol. The van der Waals surface area contributed by atoms with Crippen molar-refractivity contribution in [2.24, 2.45) is 5.41 Å². The van der Waals surface area contributed by atoms with Crippen molar-refractivity contribution in [3.8, 4) is 0 Å². The summed E-state index contributed by atoms with van der Waals surface area (Å²) in [6.07, 6.45) is 4.57. The summed E-state index contributed by atoms with van der Waals surface area (Å²) in [6, 6.07) is 0. The monoisotopic (exact) mass is 200 g/mol. The Hall–Kier alpha value is -0.410. The highest BCUT2D eigenvalue weighted by molar-refractivity contribution is 5.50. The highest BCUT2D eigenvalue weighted by Gasteiger charge is 2.37. The minimum atomic E-state index is -0.181. The number of unbranched alkanes of at least 4 members (excludes halogenated alkanes) is 1. The average molecular weight is 200 g/mol.